The third-order valence-electron chi connectivity index (χ3n) is 2.64. The highest BCUT2D eigenvalue weighted by Gasteiger charge is 2.07. The van der Waals surface area contributed by atoms with E-state index >= 15 is 0 Å². The van der Waals surface area contributed by atoms with Crippen molar-refractivity contribution in [1.82, 2.24) is 0 Å². The molecule has 0 unspecified atom stereocenters. The summed E-state index contributed by atoms with van der Waals surface area (Å²) in [6.07, 6.45) is 0. The second kappa shape index (κ2) is 5.31. The minimum absolute atomic E-state index is 0.653. The molecule has 18 heavy (non-hydrogen) atoms. The summed E-state index contributed by atoms with van der Waals surface area (Å²) < 4.78 is 11.7. The number of rotatable bonds is 3. The van der Waals surface area contributed by atoms with E-state index in [0.29, 0.717) is 17.2 Å². The molecule has 0 amide bonds. The average molecular weight is 308 g/mol. The molecule has 94 valence electrons. The highest BCUT2D eigenvalue weighted by Crippen LogP contribution is 2.35. The zero-order chi connectivity index (χ0) is 13.1. The third kappa shape index (κ3) is 2.59. The van der Waals surface area contributed by atoms with Crippen LogP contribution in [-0.4, -0.2) is 7.11 Å². The van der Waals surface area contributed by atoms with E-state index in [1.807, 2.05) is 43.3 Å². The van der Waals surface area contributed by atoms with Crippen molar-refractivity contribution >= 4 is 21.6 Å². The summed E-state index contributed by atoms with van der Waals surface area (Å²) in [4.78, 5) is 0. The predicted molar refractivity (Wildman–Crippen MR) is 76.4 cm³/mol. The topological polar surface area (TPSA) is 44.5 Å². The van der Waals surface area contributed by atoms with Crippen LogP contribution in [0.15, 0.2) is 40.9 Å². The Morgan fingerprint density at radius 3 is 2.56 bits per heavy atom. The highest BCUT2D eigenvalue weighted by atomic mass is 79.9. The molecule has 3 nitrogen and oxygen atoms in total. The van der Waals surface area contributed by atoms with Gasteiger partial charge in [-0.15, -0.1) is 0 Å². The number of methoxy groups -OCH3 is 1. The van der Waals surface area contributed by atoms with Crippen molar-refractivity contribution in [2.45, 2.75) is 6.92 Å². The van der Waals surface area contributed by atoms with Gasteiger partial charge in [0.05, 0.1) is 17.3 Å². The van der Waals surface area contributed by atoms with Gasteiger partial charge in [0.15, 0.2) is 5.75 Å². The number of benzene rings is 2. The molecule has 0 saturated heterocycles. The third-order valence-corrected chi connectivity index (χ3v) is 3.26. The van der Waals surface area contributed by atoms with Crippen LogP contribution in [0, 0.1) is 6.92 Å². The van der Waals surface area contributed by atoms with Gasteiger partial charge in [0.2, 0.25) is 0 Å². The lowest BCUT2D eigenvalue weighted by Crippen LogP contribution is -1.95. The van der Waals surface area contributed by atoms with E-state index in [2.05, 4.69) is 15.9 Å². The SMILES string of the molecule is COc1ccc(Oc2cccc(C)c2N)c(Br)c1. The van der Waals surface area contributed by atoms with Gasteiger partial charge in [-0.25, -0.2) is 0 Å². The number of nitrogen functional groups attached to an aromatic ring is 1. The van der Waals surface area contributed by atoms with Crippen molar-refractivity contribution in [1.29, 1.82) is 0 Å². The molecular weight excluding hydrogens is 294 g/mol. The number of aryl methyl sites for hydroxylation is 1. The molecule has 0 fully saturated rings. The quantitative estimate of drug-likeness (QED) is 0.867. The van der Waals surface area contributed by atoms with E-state index < -0.39 is 0 Å². The Morgan fingerprint density at radius 1 is 1.11 bits per heavy atom. The first-order valence-electron chi connectivity index (χ1n) is 5.48. The van der Waals surface area contributed by atoms with Crippen LogP contribution in [-0.2, 0) is 0 Å². The van der Waals surface area contributed by atoms with E-state index in [0.717, 1.165) is 15.8 Å². The van der Waals surface area contributed by atoms with Crippen LogP contribution >= 0.6 is 15.9 Å². The summed E-state index contributed by atoms with van der Waals surface area (Å²) in [7, 11) is 1.63. The Bertz CT molecular complexity index is 570. The van der Waals surface area contributed by atoms with Gasteiger partial charge in [0.1, 0.15) is 11.5 Å². The van der Waals surface area contributed by atoms with Crippen LogP contribution in [0.1, 0.15) is 5.56 Å². The molecule has 2 aromatic rings. The fourth-order valence-electron chi connectivity index (χ4n) is 1.55. The first-order chi connectivity index (χ1) is 8.61. The molecular formula is C14H14BrNO2. The summed E-state index contributed by atoms with van der Waals surface area (Å²) in [5, 5.41) is 0. The standard InChI is InChI=1S/C14H14BrNO2/c1-9-4-3-5-13(14(9)16)18-12-7-6-10(17-2)8-11(12)15/h3-8H,16H2,1-2H3. The summed E-state index contributed by atoms with van der Waals surface area (Å²) in [5.74, 6) is 2.13. The lowest BCUT2D eigenvalue weighted by atomic mass is 10.2. The monoisotopic (exact) mass is 307 g/mol. The summed E-state index contributed by atoms with van der Waals surface area (Å²) in [6.45, 7) is 1.95. The zero-order valence-electron chi connectivity index (χ0n) is 10.2. The Labute approximate surface area is 115 Å². The van der Waals surface area contributed by atoms with Gasteiger partial charge in [0.25, 0.3) is 0 Å². The van der Waals surface area contributed by atoms with Crippen molar-refractivity contribution in [2.75, 3.05) is 12.8 Å². The van der Waals surface area contributed by atoms with Crippen LogP contribution in [0.3, 0.4) is 0 Å². The first kappa shape index (κ1) is 12.8. The number of nitrogens with two attached hydrogens (primary N) is 1. The van der Waals surface area contributed by atoms with Gasteiger partial charge in [-0.2, -0.15) is 0 Å². The van der Waals surface area contributed by atoms with Crippen LogP contribution < -0.4 is 15.2 Å². The van der Waals surface area contributed by atoms with Crippen LogP contribution in [0.2, 0.25) is 0 Å². The van der Waals surface area contributed by atoms with Gasteiger partial charge >= 0.3 is 0 Å². The fraction of sp³-hybridized carbons (Fsp3) is 0.143. The molecule has 0 aromatic heterocycles. The molecule has 0 spiro atoms. The fourth-order valence-corrected chi connectivity index (χ4v) is 1.99. The molecule has 0 atom stereocenters. The smallest absolute Gasteiger partial charge is 0.150 e. The lowest BCUT2D eigenvalue weighted by molar-refractivity contribution is 0.412. The molecule has 4 heteroatoms. The van der Waals surface area contributed by atoms with Crippen molar-refractivity contribution in [3.8, 4) is 17.2 Å². The Morgan fingerprint density at radius 2 is 1.89 bits per heavy atom. The van der Waals surface area contributed by atoms with Crippen LogP contribution in [0.4, 0.5) is 5.69 Å². The average Bonchev–Trinajstić information content (AvgIpc) is 2.37. The largest absolute Gasteiger partial charge is 0.497 e. The number of hydrogen-bond donors (Lipinski definition) is 1. The number of hydrogen-bond acceptors (Lipinski definition) is 3. The Hall–Kier alpha value is -1.68. The van der Waals surface area contributed by atoms with Crippen molar-refractivity contribution < 1.29 is 9.47 Å². The van der Waals surface area contributed by atoms with Crippen LogP contribution in [0.5, 0.6) is 17.2 Å². The second-order valence-electron chi connectivity index (χ2n) is 3.89. The van der Waals surface area contributed by atoms with Gasteiger partial charge in [-0.05, 0) is 52.7 Å². The molecule has 0 aliphatic heterocycles. The van der Waals surface area contributed by atoms with Gasteiger partial charge in [0, 0.05) is 0 Å². The van der Waals surface area contributed by atoms with E-state index in [9.17, 15) is 0 Å². The molecule has 2 N–H and O–H groups in total. The number of para-hydroxylation sites is 1. The molecule has 0 aliphatic rings. The van der Waals surface area contributed by atoms with E-state index in [1.165, 1.54) is 0 Å². The van der Waals surface area contributed by atoms with E-state index in [4.69, 9.17) is 15.2 Å². The molecule has 2 rings (SSSR count). The van der Waals surface area contributed by atoms with Crippen LogP contribution in [0.25, 0.3) is 0 Å². The maximum atomic E-state index is 5.97. The minimum atomic E-state index is 0.653. The molecule has 0 saturated carbocycles. The molecule has 2 aromatic carbocycles. The molecule has 0 aliphatic carbocycles. The Kier molecular flexibility index (Phi) is 3.77. The minimum Gasteiger partial charge on any atom is -0.497 e. The van der Waals surface area contributed by atoms with Gasteiger partial charge < -0.3 is 15.2 Å². The van der Waals surface area contributed by atoms with Gasteiger partial charge in [-0.1, -0.05) is 12.1 Å². The van der Waals surface area contributed by atoms with Crippen molar-refractivity contribution in [3.05, 3.63) is 46.4 Å². The maximum absolute atomic E-state index is 5.97. The van der Waals surface area contributed by atoms with E-state index in [-0.39, 0.29) is 0 Å². The van der Waals surface area contributed by atoms with E-state index in [1.54, 1.807) is 7.11 Å². The zero-order valence-corrected chi connectivity index (χ0v) is 11.8. The lowest BCUT2D eigenvalue weighted by Gasteiger charge is -2.12. The highest BCUT2D eigenvalue weighted by molar-refractivity contribution is 9.10. The molecule has 0 heterocycles. The summed E-state index contributed by atoms with van der Waals surface area (Å²) in [6, 6.07) is 11.2. The Balaban J connectivity index is 2.31. The van der Waals surface area contributed by atoms with Gasteiger partial charge in [-0.3, -0.25) is 0 Å². The van der Waals surface area contributed by atoms with Crippen molar-refractivity contribution in [3.63, 3.8) is 0 Å². The number of anilines is 1. The van der Waals surface area contributed by atoms with Crippen molar-refractivity contribution in [2.24, 2.45) is 0 Å². The maximum Gasteiger partial charge on any atom is 0.150 e. The predicted octanol–water partition coefficient (Wildman–Crippen LogP) is 4.14. The first-order valence-corrected chi connectivity index (χ1v) is 6.27. The number of ether oxygens (including phenoxy) is 2. The summed E-state index contributed by atoms with van der Waals surface area (Å²) in [5.41, 5.74) is 7.62. The second-order valence-corrected chi connectivity index (χ2v) is 4.74. The molecule has 0 bridgehead atoms. The molecule has 0 radical (unpaired) electrons. The normalized spacial score (nSPS) is 10.2. The summed E-state index contributed by atoms with van der Waals surface area (Å²) >= 11 is 3.44. The number of halogens is 1.